The summed E-state index contributed by atoms with van der Waals surface area (Å²) in [7, 11) is 0. The number of nitrogens with one attached hydrogen (secondary N) is 2. The zero-order valence-electron chi connectivity index (χ0n) is 11.9. The fraction of sp³-hybridized carbons (Fsp3) is 0.375. The minimum absolute atomic E-state index is 0.127. The number of pyridine rings is 1. The van der Waals surface area contributed by atoms with Crippen LogP contribution < -0.4 is 10.6 Å². The van der Waals surface area contributed by atoms with E-state index in [9.17, 15) is 4.79 Å². The molecule has 21 heavy (non-hydrogen) atoms. The van der Waals surface area contributed by atoms with E-state index in [1.54, 1.807) is 12.1 Å². The fourth-order valence-corrected chi connectivity index (χ4v) is 2.81. The van der Waals surface area contributed by atoms with Gasteiger partial charge >= 0.3 is 0 Å². The number of rotatable bonds is 2. The van der Waals surface area contributed by atoms with Crippen molar-refractivity contribution < 1.29 is 4.79 Å². The van der Waals surface area contributed by atoms with Gasteiger partial charge in [-0.1, -0.05) is 30.7 Å². The van der Waals surface area contributed by atoms with E-state index in [1.807, 2.05) is 18.2 Å². The second kappa shape index (κ2) is 6.00. The van der Waals surface area contributed by atoms with Crippen LogP contribution in [0.25, 0.3) is 10.9 Å². The van der Waals surface area contributed by atoms with Crippen LogP contribution in [-0.4, -0.2) is 30.0 Å². The van der Waals surface area contributed by atoms with E-state index in [2.05, 4.69) is 22.5 Å². The second-order valence-corrected chi connectivity index (χ2v) is 6.02. The molecular formula is C16H18ClN3O. The number of benzene rings is 1. The van der Waals surface area contributed by atoms with Crippen LogP contribution in [0.2, 0.25) is 5.02 Å². The quantitative estimate of drug-likeness (QED) is 0.896. The Morgan fingerprint density at radius 3 is 3.00 bits per heavy atom. The van der Waals surface area contributed by atoms with Crippen LogP contribution >= 0.6 is 11.6 Å². The van der Waals surface area contributed by atoms with Gasteiger partial charge in [-0.25, -0.2) is 4.98 Å². The lowest BCUT2D eigenvalue weighted by atomic mass is 9.95. The standard InChI is InChI=1S/C16H18ClN3O/c1-10-6-7-18-9-15(10)20-16(21)13-5-3-11-2-4-12(17)8-14(11)19-13/h2-5,8,10,15,18H,6-7,9H2,1H3,(H,20,21). The molecule has 0 saturated carbocycles. The van der Waals surface area contributed by atoms with Crippen LogP contribution in [0.4, 0.5) is 0 Å². The summed E-state index contributed by atoms with van der Waals surface area (Å²) < 4.78 is 0. The van der Waals surface area contributed by atoms with Gasteiger partial charge in [-0.15, -0.1) is 0 Å². The van der Waals surface area contributed by atoms with Gasteiger partial charge in [0.25, 0.3) is 5.91 Å². The molecule has 2 atom stereocenters. The maximum absolute atomic E-state index is 12.4. The first-order chi connectivity index (χ1) is 10.1. The van der Waals surface area contributed by atoms with E-state index in [0.717, 1.165) is 30.4 Å². The first kappa shape index (κ1) is 14.3. The van der Waals surface area contributed by atoms with Gasteiger partial charge in [-0.05, 0) is 37.1 Å². The van der Waals surface area contributed by atoms with Crippen LogP contribution in [0.15, 0.2) is 30.3 Å². The van der Waals surface area contributed by atoms with Crippen LogP contribution in [0.1, 0.15) is 23.8 Å². The largest absolute Gasteiger partial charge is 0.346 e. The molecule has 0 bridgehead atoms. The van der Waals surface area contributed by atoms with Crippen molar-refractivity contribution >= 4 is 28.4 Å². The van der Waals surface area contributed by atoms with E-state index >= 15 is 0 Å². The molecule has 1 aliphatic rings. The third-order valence-corrected chi connectivity index (χ3v) is 4.27. The molecule has 1 saturated heterocycles. The summed E-state index contributed by atoms with van der Waals surface area (Å²) in [4.78, 5) is 16.8. The maximum Gasteiger partial charge on any atom is 0.270 e. The summed E-state index contributed by atoms with van der Waals surface area (Å²) in [6.45, 7) is 3.99. The SMILES string of the molecule is CC1CCNCC1NC(=O)c1ccc2ccc(Cl)cc2n1. The van der Waals surface area contributed by atoms with E-state index in [0.29, 0.717) is 16.6 Å². The van der Waals surface area contributed by atoms with Gasteiger partial charge in [-0.2, -0.15) is 0 Å². The highest BCUT2D eigenvalue weighted by Crippen LogP contribution is 2.18. The Morgan fingerprint density at radius 2 is 2.19 bits per heavy atom. The molecule has 5 heteroatoms. The average Bonchev–Trinajstić information content (AvgIpc) is 2.48. The number of carbonyl (C=O) groups excluding carboxylic acids is 1. The van der Waals surface area contributed by atoms with Crippen molar-refractivity contribution in [2.75, 3.05) is 13.1 Å². The van der Waals surface area contributed by atoms with Gasteiger partial charge in [0, 0.05) is 23.0 Å². The summed E-state index contributed by atoms with van der Waals surface area (Å²) in [6, 6.07) is 9.31. The Hall–Kier alpha value is -1.65. The number of carbonyl (C=O) groups is 1. The third kappa shape index (κ3) is 3.17. The number of hydrogen-bond acceptors (Lipinski definition) is 3. The Balaban J connectivity index is 1.80. The van der Waals surface area contributed by atoms with Crippen LogP contribution in [0.5, 0.6) is 0 Å². The number of aromatic nitrogens is 1. The number of halogens is 1. The molecule has 0 aliphatic carbocycles. The van der Waals surface area contributed by atoms with E-state index in [1.165, 1.54) is 0 Å². The zero-order chi connectivity index (χ0) is 14.8. The van der Waals surface area contributed by atoms with E-state index in [4.69, 9.17) is 11.6 Å². The highest BCUT2D eigenvalue weighted by Gasteiger charge is 2.23. The molecule has 2 N–H and O–H groups in total. The molecule has 0 radical (unpaired) electrons. The first-order valence-electron chi connectivity index (χ1n) is 7.21. The van der Waals surface area contributed by atoms with Crippen molar-refractivity contribution in [3.8, 4) is 0 Å². The lowest BCUT2D eigenvalue weighted by Crippen LogP contribution is -2.50. The van der Waals surface area contributed by atoms with Crippen molar-refractivity contribution in [3.05, 3.63) is 41.0 Å². The van der Waals surface area contributed by atoms with Crippen LogP contribution in [0.3, 0.4) is 0 Å². The Labute approximate surface area is 128 Å². The zero-order valence-corrected chi connectivity index (χ0v) is 12.7. The Bertz CT molecular complexity index is 674. The van der Waals surface area contributed by atoms with E-state index in [-0.39, 0.29) is 11.9 Å². The van der Waals surface area contributed by atoms with Crippen molar-refractivity contribution in [2.45, 2.75) is 19.4 Å². The summed E-state index contributed by atoms with van der Waals surface area (Å²) in [5.74, 6) is 0.350. The fourth-order valence-electron chi connectivity index (χ4n) is 2.64. The highest BCUT2D eigenvalue weighted by molar-refractivity contribution is 6.31. The van der Waals surface area contributed by atoms with Gasteiger partial charge in [0.1, 0.15) is 5.69 Å². The van der Waals surface area contributed by atoms with Gasteiger partial charge in [0.05, 0.1) is 5.52 Å². The van der Waals surface area contributed by atoms with Crippen molar-refractivity contribution in [2.24, 2.45) is 5.92 Å². The second-order valence-electron chi connectivity index (χ2n) is 5.58. The lowest BCUT2D eigenvalue weighted by molar-refractivity contribution is 0.0910. The third-order valence-electron chi connectivity index (χ3n) is 4.03. The number of hydrogen-bond donors (Lipinski definition) is 2. The molecule has 2 aromatic rings. The molecule has 1 fully saturated rings. The molecule has 3 rings (SSSR count). The molecule has 0 spiro atoms. The topological polar surface area (TPSA) is 54.0 Å². The Kier molecular flexibility index (Phi) is 4.08. The predicted molar refractivity (Wildman–Crippen MR) is 84.7 cm³/mol. The summed E-state index contributed by atoms with van der Waals surface area (Å²) in [5.41, 5.74) is 1.17. The van der Waals surface area contributed by atoms with Crippen molar-refractivity contribution in [3.63, 3.8) is 0 Å². The molecule has 110 valence electrons. The molecule has 1 amide bonds. The van der Waals surface area contributed by atoms with Gasteiger partial charge in [0.2, 0.25) is 0 Å². The smallest absolute Gasteiger partial charge is 0.270 e. The molecule has 1 aromatic heterocycles. The molecule has 4 nitrogen and oxygen atoms in total. The normalized spacial score (nSPS) is 22.2. The Morgan fingerprint density at radius 1 is 1.38 bits per heavy atom. The molecule has 2 unspecified atom stereocenters. The van der Waals surface area contributed by atoms with Gasteiger partial charge in [0.15, 0.2) is 0 Å². The number of nitrogens with zero attached hydrogens (tertiary/aromatic N) is 1. The molecular weight excluding hydrogens is 286 g/mol. The average molecular weight is 304 g/mol. The van der Waals surface area contributed by atoms with Gasteiger partial charge in [-0.3, -0.25) is 4.79 Å². The minimum Gasteiger partial charge on any atom is -0.346 e. The van der Waals surface area contributed by atoms with Crippen molar-refractivity contribution in [1.29, 1.82) is 0 Å². The number of fused-ring (bicyclic) bond motifs is 1. The number of amides is 1. The minimum atomic E-state index is -0.127. The maximum atomic E-state index is 12.4. The summed E-state index contributed by atoms with van der Waals surface area (Å²) in [6.07, 6.45) is 1.08. The molecule has 1 aromatic carbocycles. The summed E-state index contributed by atoms with van der Waals surface area (Å²) >= 11 is 5.98. The lowest BCUT2D eigenvalue weighted by Gasteiger charge is -2.30. The highest BCUT2D eigenvalue weighted by atomic mass is 35.5. The van der Waals surface area contributed by atoms with Crippen LogP contribution in [-0.2, 0) is 0 Å². The first-order valence-corrected chi connectivity index (χ1v) is 7.59. The monoisotopic (exact) mass is 303 g/mol. The van der Waals surface area contributed by atoms with Crippen LogP contribution in [0, 0.1) is 5.92 Å². The predicted octanol–water partition coefficient (Wildman–Crippen LogP) is 2.62. The number of piperidine rings is 1. The van der Waals surface area contributed by atoms with E-state index < -0.39 is 0 Å². The van der Waals surface area contributed by atoms with Gasteiger partial charge < -0.3 is 10.6 Å². The summed E-state index contributed by atoms with van der Waals surface area (Å²) in [5, 5.41) is 7.97. The van der Waals surface area contributed by atoms with Crippen molar-refractivity contribution in [1.82, 2.24) is 15.6 Å². The molecule has 2 heterocycles. The molecule has 1 aliphatic heterocycles.